The van der Waals surface area contributed by atoms with E-state index >= 15 is 0 Å². The first-order chi connectivity index (χ1) is 13.9. The Labute approximate surface area is 175 Å². The van der Waals surface area contributed by atoms with Crippen LogP contribution in [0.3, 0.4) is 0 Å². The SMILES string of the molecule is O=C(Cc1cnn(C2CCOC2)c1)c1cc(C(=O)c2c(Cl)ccc(Cl)c2F)c[nH]1. The molecule has 1 atom stereocenters. The van der Waals surface area contributed by atoms with Crippen LogP contribution in [0, 0.1) is 5.82 Å². The number of Topliss-reactive ketones (excluding diaryl/α,β-unsaturated/α-hetero) is 1. The predicted octanol–water partition coefficient (Wildman–Crippen LogP) is 4.27. The van der Waals surface area contributed by atoms with E-state index in [1.165, 1.54) is 24.4 Å². The number of carbonyl (C=O) groups excluding carboxylic acids is 2. The largest absolute Gasteiger partial charge is 0.379 e. The van der Waals surface area contributed by atoms with Gasteiger partial charge in [0.25, 0.3) is 0 Å². The lowest BCUT2D eigenvalue weighted by molar-refractivity contribution is 0.0988. The van der Waals surface area contributed by atoms with Gasteiger partial charge in [0.1, 0.15) is 0 Å². The third-order valence-electron chi connectivity index (χ3n) is 4.82. The molecule has 2 aromatic heterocycles. The lowest BCUT2D eigenvalue weighted by Crippen LogP contribution is -2.09. The van der Waals surface area contributed by atoms with Crippen molar-refractivity contribution < 1.29 is 18.7 Å². The molecule has 29 heavy (non-hydrogen) atoms. The van der Waals surface area contributed by atoms with Gasteiger partial charge in [0.15, 0.2) is 17.4 Å². The topological polar surface area (TPSA) is 77.0 Å². The van der Waals surface area contributed by atoms with Crippen LogP contribution in [0.5, 0.6) is 0 Å². The van der Waals surface area contributed by atoms with E-state index in [9.17, 15) is 14.0 Å². The Morgan fingerprint density at radius 1 is 1.31 bits per heavy atom. The van der Waals surface area contributed by atoms with Crippen molar-refractivity contribution in [1.82, 2.24) is 14.8 Å². The Bertz CT molecular complexity index is 1090. The highest BCUT2D eigenvalue weighted by Crippen LogP contribution is 2.28. The Balaban J connectivity index is 1.49. The molecule has 6 nitrogen and oxygen atoms in total. The minimum Gasteiger partial charge on any atom is -0.379 e. The number of hydrogen-bond acceptors (Lipinski definition) is 4. The molecule has 1 N–H and O–H groups in total. The van der Waals surface area contributed by atoms with Crippen LogP contribution in [0.15, 0.2) is 36.8 Å². The highest BCUT2D eigenvalue weighted by Gasteiger charge is 2.23. The van der Waals surface area contributed by atoms with Crippen LogP contribution in [-0.4, -0.2) is 39.5 Å². The Morgan fingerprint density at radius 3 is 2.86 bits per heavy atom. The van der Waals surface area contributed by atoms with Gasteiger partial charge in [-0.2, -0.15) is 5.10 Å². The number of aromatic nitrogens is 3. The molecule has 4 rings (SSSR count). The predicted molar refractivity (Wildman–Crippen MR) is 105 cm³/mol. The fourth-order valence-electron chi connectivity index (χ4n) is 3.25. The number of aromatic amines is 1. The second-order valence-corrected chi connectivity index (χ2v) is 7.61. The minimum absolute atomic E-state index is 0.0470. The third-order valence-corrected chi connectivity index (χ3v) is 5.42. The van der Waals surface area contributed by atoms with Crippen LogP contribution in [0.25, 0.3) is 0 Å². The summed E-state index contributed by atoms with van der Waals surface area (Å²) in [6.45, 7) is 1.31. The molecule has 0 radical (unpaired) electrons. The number of benzene rings is 1. The maximum Gasteiger partial charge on any atom is 0.199 e. The summed E-state index contributed by atoms with van der Waals surface area (Å²) in [6, 6.07) is 4.20. The Kier molecular flexibility index (Phi) is 5.54. The van der Waals surface area contributed by atoms with E-state index in [1.54, 1.807) is 6.20 Å². The molecule has 0 bridgehead atoms. The van der Waals surface area contributed by atoms with Gasteiger partial charge in [-0.1, -0.05) is 23.2 Å². The Hall–Kier alpha value is -2.48. The molecule has 0 amide bonds. The first kappa shape index (κ1) is 19.8. The van der Waals surface area contributed by atoms with Crippen LogP contribution in [0.4, 0.5) is 4.39 Å². The van der Waals surface area contributed by atoms with Crippen molar-refractivity contribution in [3.63, 3.8) is 0 Å². The molecule has 1 fully saturated rings. The third kappa shape index (κ3) is 3.99. The van der Waals surface area contributed by atoms with Gasteiger partial charge < -0.3 is 9.72 Å². The summed E-state index contributed by atoms with van der Waals surface area (Å²) >= 11 is 11.7. The standard InChI is InChI=1S/C20H16Cl2FN3O3/c21-14-1-2-15(22)19(23)18(14)20(28)12-6-16(24-8-12)17(27)5-11-7-25-26(9-11)13-3-4-29-10-13/h1-2,6-9,13,24H,3-5,10H2. The molecule has 1 aromatic carbocycles. The van der Waals surface area contributed by atoms with Crippen LogP contribution < -0.4 is 0 Å². The normalized spacial score (nSPS) is 16.3. The van der Waals surface area contributed by atoms with Crippen molar-refractivity contribution in [3.05, 3.63) is 75.0 Å². The average molecular weight is 436 g/mol. The number of ketones is 2. The summed E-state index contributed by atoms with van der Waals surface area (Å²) in [5.74, 6) is -1.76. The van der Waals surface area contributed by atoms with E-state index in [2.05, 4.69) is 10.1 Å². The molecule has 1 aliphatic rings. The fourth-order valence-corrected chi connectivity index (χ4v) is 3.63. The zero-order chi connectivity index (χ0) is 20.5. The molecule has 1 aliphatic heterocycles. The van der Waals surface area contributed by atoms with Gasteiger partial charge in [0.05, 0.1) is 40.1 Å². The number of nitrogens with one attached hydrogen (secondary N) is 1. The summed E-state index contributed by atoms with van der Waals surface area (Å²) in [5.41, 5.74) is 0.796. The van der Waals surface area contributed by atoms with Crippen LogP contribution >= 0.6 is 23.2 Å². The number of carbonyl (C=O) groups is 2. The van der Waals surface area contributed by atoms with E-state index in [1.807, 2.05) is 10.9 Å². The fraction of sp³-hybridized carbons (Fsp3) is 0.250. The van der Waals surface area contributed by atoms with Crippen molar-refractivity contribution in [3.8, 4) is 0 Å². The first-order valence-electron chi connectivity index (χ1n) is 8.94. The van der Waals surface area contributed by atoms with Gasteiger partial charge >= 0.3 is 0 Å². The molecular formula is C20H16Cl2FN3O3. The van der Waals surface area contributed by atoms with E-state index in [4.69, 9.17) is 27.9 Å². The second kappa shape index (κ2) is 8.10. The number of halogens is 3. The summed E-state index contributed by atoms with van der Waals surface area (Å²) in [4.78, 5) is 28.0. The van der Waals surface area contributed by atoms with Crippen molar-refractivity contribution in [2.45, 2.75) is 18.9 Å². The monoisotopic (exact) mass is 435 g/mol. The van der Waals surface area contributed by atoms with Crippen molar-refractivity contribution in [2.24, 2.45) is 0 Å². The van der Waals surface area contributed by atoms with Gasteiger partial charge in [-0.3, -0.25) is 14.3 Å². The van der Waals surface area contributed by atoms with E-state index < -0.39 is 11.6 Å². The summed E-state index contributed by atoms with van der Waals surface area (Å²) in [5, 5.41) is 4.05. The van der Waals surface area contributed by atoms with Crippen molar-refractivity contribution >= 4 is 34.8 Å². The maximum atomic E-state index is 14.2. The molecule has 0 aliphatic carbocycles. The molecule has 9 heteroatoms. The minimum atomic E-state index is -0.887. The summed E-state index contributed by atoms with van der Waals surface area (Å²) in [7, 11) is 0. The van der Waals surface area contributed by atoms with E-state index in [0.29, 0.717) is 13.2 Å². The zero-order valence-corrected chi connectivity index (χ0v) is 16.6. The van der Waals surface area contributed by atoms with Crippen LogP contribution in [0.1, 0.15) is 44.4 Å². The highest BCUT2D eigenvalue weighted by atomic mass is 35.5. The maximum absolute atomic E-state index is 14.2. The summed E-state index contributed by atoms with van der Waals surface area (Å²) in [6.07, 6.45) is 5.83. The van der Waals surface area contributed by atoms with E-state index in [-0.39, 0.29) is 45.1 Å². The molecule has 1 saturated heterocycles. The smallest absolute Gasteiger partial charge is 0.199 e. The molecule has 0 saturated carbocycles. The number of nitrogens with zero attached hydrogens (tertiary/aromatic N) is 2. The van der Waals surface area contributed by atoms with Gasteiger partial charge in [-0.15, -0.1) is 0 Å². The molecule has 0 spiro atoms. The van der Waals surface area contributed by atoms with E-state index in [0.717, 1.165) is 12.0 Å². The lowest BCUT2D eigenvalue weighted by atomic mass is 10.0. The van der Waals surface area contributed by atoms with Crippen LogP contribution in [0.2, 0.25) is 10.0 Å². The number of H-pyrrole nitrogens is 1. The van der Waals surface area contributed by atoms with Gasteiger partial charge in [-0.05, 0) is 30.2 Å². The van der Waals surface area contributed by atoms with Crippen LogP contribution in [-0.2, 0) is 11.2 Å². The first-order valence-corrected chi connectivity index (χ1v) is 9.70. The Morgan fingerprint density at radius 2 is 2.10 bits per heavy atom. The number of rotatable bonds is 6. The van der Waals surface area contributed by atoms with Gasteiger partial charge in [-0.25, -0.2) is 4.39 Å². The molecule has 3 heterocycles. The highest BCUT2D eigenvalue weighted by molar-refractivity contribution is 6.37. The van der Waals surface area contributed by atoms with Crippen molar-refractivity contribution in [1.29, 1.82) is 0 Å². The zero-order valence-electron chi connectivity index (χ0n) is 15.1. The lowest BCUT2D eigenvalue weighted by Gasteiger charge is -2.06. The van der Waals surface area contributed by atoms with Gasteiger partial charge in [0.2, 0.25) is 0 Å². The molecular weight excluding hydrogens is 420 g/mol. The number of hydrogen-bond donors (Lipinski definition) is 1. The quantitative estimate of drug-likeness (QED) is 0.463. The number of ether oxygens (including phenoxy) is 1. The summed E-state index contributed by atoms with van der Waals surface area (Å²) < 4.78 is 21.4. The van der Waals surface area contributed by atoms with Gasteiger partial charge in [0, 0.05) is 31.0 Å². The molecule has 3 aromatic rings. The molecule has 150 valence electrons. The average Bonchev–Trinajstić information content (AvgIpc) is 3.45. The second-order valence-electron chi connectivity index (χ2n) is 6.80. The van der Waals surface area contributed by atoms with Crippen molar-refractivity contribution in [2.75, 3.05) is 13.2 Å². The molecule has 1 unspecified atom stereocenters.